The first-order valence-corrected chi connectivity index (χ1v) is 8.14. The maximum atomic E-state index is 13.2. The van der Waals surface area contributed by atoms with E-state index in [2.05, 4.69) is 20.2 Å². The molecule has 0 bridgehead atoms. The van der Waals surface area contributed by atoms with Crippen molar-refractivity contribution < 1.29 is 9.50 Å². The van der Waals surface area contributed by atoms with Crippen molar-refractivity contribution in [3.8, 4) is 0 Å². The van der Waals surface area contributed by atoms with Gasteiger partial charge in [-0.05, 0) is 43.5 Å². The minimum Gasteiger partial charge on any atom is -0.391 e. The fourth-order valence-electron chi connectivity index (χ4n) is 3.01. The Kier molecular flexibility index (Phi) is 4.81. The van der Waals surface area contributed by atoms with Crippen molar-refractivity contribution in [2.75, 3.05) is 26.2 Å². The van der Waals surface area contributed by atoms with E-state index in [4.69, 9.17) is 0 Å². The highest BCUT2D eigenvalue weighted by molar-refractivity contribution is 5.83. The Balaban J connectivity index is 1.67. The summed E-state index contributed by atoms with van der Waals surface area (Å²) in [5, 5.41) is 14.0. The Bertz CT molecular complexity index is 697. The average molecular weight is 318 g/mol. The van der Waals surface area contributed by atoms with E-state index in [1.807, 2.05) is 19.2 Å². The molecule has 3 N–H and O–H groups in total. The summed E-state index contributed by atoms with van der Waals surface area (Å²) >= 11 is 0. The van der Waals surface area contributed by atoms with Crippen LogP contribution >= 0.6 is 0 Å². The summed E-state index contributed by atoms with van der Waals surface area (Å²) in [4.78, 5) is 9.86. The molecule has 1 aromatic carbocycles. The largest absolute Gasteiger partial charge is 0.391 e. The van der Waals surface area contributed by atoms with Gasteiger partial charge in [0, 0.05) is 43.3 Å². The molecule has 6 heteroatoms. The van der Waals surface area contributed by atoms with Crippen LogP contribution in [0.15, 0.2) is 29.4 Å². The first-order chi connectivity index (χ1) is 11.2. The molecule has 3 rings (SSSR count). The van der Waals surface area contributed by atoms with Crippen LogP contribution in [0.25, 0.3) is 10.9 Å². The Labute approximate surface area is 135 Å². The zero-order valence-corrected chi connectivity index (χ0v) is 13.3. The number of aromatic amines is 1. The van der Waals surface area contributed by atoms with Gasteiger partial charge in [0.05, 0.1) is 6.10 Å². The van der Waals surface area contributed by atoms with Gasteiger partial charge in [-0.25, -0.2) is 4.39 Å². The molecule has 1 aromatic heterocycles. The standard InChI is InChI=1S/C17H23FN4O/c1-2-19-17(22-8-6-14(23)11-22)20-7-5-12-10-21-16-9-13(18)3-4-15(12)16/h3-4,9-10,14,21,23H,2,5-8,11H2,1H3,(H,19,20)/t14-/m1/s1. The number of aromatic nitrogens is 1. The Morgan fingerprint density at radius 2 is 2.39 bits per heavy atom. The molecule has 124 valence electrons. The third-order valence-electron chi connectivity index (χ3n) is 4.17. The third kappa shape index (κ3) is 3.64. The van der Waals surface area contributed by atoms with E-state index in [1.54, 1.807) is 0 Å². The molecular weight excluding hydrogens is 295 g/mol. The summed E-state index contributed by atoms with van der Waals surface area (Å²) in [7, 11) is 0. The molecule has 2 heterocycles. The molecule has 0 saturated carbocycles. The number of likely N-dealkylation sites (tertiary alicyclic amines) is 1. The molecule has 0 spiro atoms. The summed E-state index contributed by atoms with van der Waals surface area (Å²) in [6.45, 7) is 4.96. The molecule has 1 atom stereocenters. The number of aliphatic hydroxyl groups excluding tert-OH is 1. The van der Waals surface area contributed by atoms with Gasteiger partial charge in [-0.1, -0.05) is 0 Å². The van der Waals surface area contributed by atoms with Gasteiger partial charge >= 0.3 is 0 Å². The lowest BCUT2D eigenvalue weighted by atomic mass is 10.1. The number of H-pyrrole nitrogens is 1. The molecular formula is C17H23FN4O. The van der Waals surface area contributed by atoms with Gasteiger partial charge in [0.25, 0.3) is 0 Å². The topological polar surface area (TPSA) is 63.7 Å². The van der Waals surface area contributed by atoms with Crippen LogP contribution in [0.4, 0.5) is 4.39 Å². The number of benzene rings is 1. The number of aliphatic imine (C=N–C) groups is 1. The molecule has 5 nitrogen and oxygen atoms in total. The normalized spacial score (nSPS) is 18.8. The second-order valence-electron chi connectivity index (χ2n) is 5.88. The van der Waals surface area contributed by atoms with Crippen LogP contribution < -0.4 is 5.32 Å². The van der Waals surface area contributed by atoms with Crippen molar-refractivity contribution >= 4 is 16.9 Å². The summed E-state index contributed by atoms with van der Waals surface area (Å²) < 4.78 is 13.2. The second-order valence-corrected chi connectivity index (χ2v) is 5.88. The maximum Gasteiger partial charge on any atom is 0.194 e. The fraction of sp³-hybridized carbons (Fsp3) is 0.471. The highest BCUT2D eigenvalue weighted by Crippen LogP contribution is 2.19. The SMILES string of the molecule is CCNC(=NCCc1c[nH]c2cc(F)ccc12)N1CC[C@@H](O)C1. The Morgan fingerprint density at radius 1 is 1.52 bits per heavy atom. The van der Waals surface area contributed by atoms with Crippen LogP contribution in [0.2, 0.25) is 0 Å². The zero-order valence-electron chi connectivity index (χ0n) is 13.3. The van der Waals surface area contributed by atoms with Crippen LogP contribution in [0.3, 0.4) is 0 Å². The quantitative estimate of drug-likeness (QED) is 0.596. The molecule has 0 amide bonds. The number of β-amino-alcohol motifs (C(OH)–C–C–N with tert-alkyl or cyclic N) is 1. The van der Waals surface area contributed by atoms with Crippen LogP contribution in [-0.4, -0.2) is 53.2 Å². The molecule has 0 unspecified atom stereocenters. The number of hydrogen-bond donors (Lipinski definition) is 3. The molecule has 1 aliphatic heterocycles. The molecule has 2 aromatic rings. The van der Waals surface area contributed by atoms with Gasteiger partial charge in [-0.2, -0.15) is 0 Å². The number of halogens is 1. The van der Waals surface area contributed by atoms with Crippen molar-refractivity contribution in [3.05, 3.63) is 35.8 Å². The number of nitrogens with one attached hydrogen (secondary N) is 2. The minimum atomic E-state index is -0.262. The van der Waals surface area contributed by atoms with Gasteiger partial charge in [0.15, 0.2) is 5.96 Å². The predicted octanol–water partition coefficient (Wildman–Crippen LogP) is 1.88. The molecule has 1 saturated heterocycles. The van der Waals surface area contributed by atoms with Crippen molar-refractivity contribution in [2.24, 2.45) is 4.99 Å². The van der Waals surface area contributed by atoms with Gasteiger partial charge < -0.3 is 20.3 Å². The predicted molar refractivity (Wildman–Crippen MR) is 90.1 cm³/mol. The summed E-state index contributed by atoms with van der Waals surface area (Å²) in [6.07, 6.45) is 3.24. The van der Waals surface area contributed by atoms with Crippen LogP contribution in [0.1, 0.15) is 18.9 Å². The lowest BCUT2D eigenvalue weighted by Crippen LogP contribution is -2.40. The molecule has 0 radical (unpaired) electrons. The van der Waals surface area contributed by atoms with E-state index < -0.39 is 0 Å². The van der Waals surface area contributed by atoms with Crippen molar-refractivity contribution in [3.63, 3.8) is 0 Å². The van der Waals surface area contributed by atoms with E-state index in [1.165, 1.54) is 12.1 Å². The lowest BCUT2D eigenvalue weighted by Gasteiger charge is -2.20. The van der Waals surface area contributed by atoms with Crippen LogP contribution in [-0.2, 0) is 6.42 Å². The summed E-state index contributed by atoms with van der Waals surface area (Å²) in [5.74, 6) is 0.626. The van der Waals surface area contributed by atoms with E-state index in [-0.39, 0.29) is 11.9 Å². The molecule has 1 aliphatic rings. The number of nitrogens with zero attached hydrogens (tertiary/aromatic N) is 2. The summed E-state index contributed by atoms with van der Waals surface area (Å²) in [6, 6.07) is 4.80. The number of aliphatic hydroxyl groups is 1. The van der Waals surface area contributed by atoms with E-state index in [0.717, 1.165) is 48.4 Å². The highest BCUT2D eigenvalue weighted by Gasteiger charge is 2.22. The summed E-state index contributed by atoms with van der Waals surface area (Å²) in [5.41, 5.74) is 1.96. The lowest BCUT2D eigenvalue weighted by molar-refractivity contribution is 0.188. The van der Waals surface area contributed by atoms with E-state index in [0.29, 0.717) is 13.1 Å². The average Bonchev–Trinajstić information content (AvgIpc) is 3.13. The zero-order chi connectivity index (χ0) is 16.2. The number of fused-ring (bicyclic) bond motifs is 1. The van der Waals surface area contributed by atoms with Crippen molar-refractivity contribution in [1.29, 1.82) is 0 Å². The number of rotatable bonds is 4. The first kappa shape index (κ1) is 15.8. The first-order valence-electron chi connectivity index (χ1n) is 8.14. The van der Waals surface area contributed by atoms with Crippen LogP contribution in [0, 0.1) is 5.82 Å². The smallest absolute Gasteiger partial charge is 0.194 e. The van der Waals surface area contributed by atoms with E-state index in [9.17, 15) is 9.50 Å². The highest BCUT2D eigenvalue weighted by atomic mass is 19.1. The maximum absolute atomic E-state index is 13.2. The number of hydrogen-bond acceptors (Lipinski definition) is 2. The van der Waals surface area contributed by atoms with Gasteiger partial charge in [-0.15, -0.1) is 0 Å². The molecule has 1 fully saturated rings. The monoisotopic (exact) mass is 318 g/mol. The van der Waals surface area contributed by atoms with Crippen molar-refractivity contribution in [1.82, 2.24) is 15.2 Å². The molecule has 23 heavy (non-hydrogen) atoms. The van der Waals surface area contributed by atoms with Gasteiger partial charge in [0.1, 0.15) is 5.82 Å². The Hall–Kier alpha value is -2.08. The van der Waals surface area contributed by atoms with Crippen LogP contribution in [0.5, 0.6) is 0 Å². The van der Waals surface area contributed by atoms with Gasteiger partial charge in [0.2, 0.25) is 0 Å². The number of guanidine groups is 1. The van der Waals surface area contributed by atoms with Gasteiger partial charge in [-0.3, -0.25) is 4.99 Å². The Morgan fingerprint density at radius 3 is 3.13 bits per heavy atom. The minimum absolute atomic E-state index is 0.231. The van der Waals surface area contributed by atoms with Crippen molar-refractivity contribution in [2.45, 2.75) is 25.9 Å². The van der Waals surface area contributed by atoms with E-state index >= 15 is 0 Å². The molecule has 0 aliphatic carbocycles. The second kappa shape index (κ2) is 7.00. The fourth-order valence-corrected chi connectivity index (χ4v) is 3.01. The third-order valence-corrected chi connectivity index (χ3v) is 4.17.